The molecule has 0 amide bonds. The second kappa shape index (κ2) is 6.90. The molecular formula is C16H17IO. The van der Waals surface area contributed by atoms with Gasteiger partial charge in [-0.2, -0.15) is 0 Å². The van der Waals surface area contributed by atoms with Crippen LogP contribution in [0.5, 0.6) is 0 Å². The van der Waals surface area contributed by atoms with Crippen LogP contribution in [0, 0.1) is 3.57 Å². The lowest BCUT2D eigenvalue weighted by Gasteiger charge is -2.10. The topological polar surface area (TPSA) is 20.2 Å². The minimum Gasteiger partial charge on any atom is -0.393 e. The summed E-state index contributed by atoms with van der Waals surface area (Å²) in [6.45, 7) is 0. The van der Waals surface area contributed by atoms with Gasteiger partial charge in [0.2, 0.25) is 0 Å². The van der Waals surface area contributed by atoms with Gasteiger partial charge in [0.05, 0.1) is 6.10 Å². The zero-order valence-corrected chi connectivity index (χ0v) is 12.4. The van der Waals surface area contributed by atoms with Crippen LogP contribution in [0.25, 0.3) is 0 Å². The fraction of sp³-hybridized carbons (Fsp3) is 0.250. The standard InChI is InChI=1S/C16H17IO/c17-15-9-6-14(7-10-15)12-16(18)11-8-13-4-2-1-3-5-13/h1-7,9-10,16,18H,8,11-12H2. The molecule has 94 valence electrons. The third-order valence-electron chi connectivity index (χ3n) is 2.99. The lowest BCUT2D eigenvalue weighted by Crippen LogP contribution is -2.11. The van der Waals surface area contributed by atoms with Gasteiger partial charge in [-0.15, -0.1) is 0 Å². The van der Waals surface area contributed by atoms with E-state index in [1.165, 1.54) is 14.7 Å². The van der Waals surface area contributed by atoms with E-state index in [9.17, 15) is 5.11 Å². The highest BCUT2D eigenvalue weighted by atomic mass is 127. The molecule has 0 aliphatic carbocycles. The minimum absolute atomic E-state index is 0.259. The van der Waals surface area contributed by atoms with Crippen LogP contribution in [0.15, 0.2) is 54.6 Å². The Morgan fingerprint density at radius 1 is 0.889 bits per heavy atom. The van der Waals surface area contributed by atoms with E-state index in [2.05, 4.69) is 59.0 Å². The van der Waals surface area contributed by atoms with E-state index < -0.39 is 0 Å². The molecule has 0 aliphatic heterocycles. The van der Waals surface area contributed by atoms with E-state index in [4.69, 9.17) is 0 Å². The highest BCUT2D eigenvalue weighted by Gasteiger charge is 2.06. The van der Waals surface area contributed by atoms with E-state index in [-0.39, 0.29) is 6.10 Å². The largest absolute Gasteiger partial charge is 0.393 e. The average Bonchev–Trinajstić information content (AvgIpc) is 2.40. The molecule has 2 rings (SSSR count). The summed E-state index contributed by atoms with van der Waals surface area (Å²) in [5, 5.41) is 10.0. The smallest absolute Gasteiger partial charge is 0.0583 e. The van der Waals surface area contributed by atoms with Crippen LogP contribution in [0.4, 0.5) is 0 Å². The highest BCUT2D eigenvalue weighted by Crippen LogP contribution is 2.12. The third kappa shape index (κ3) is 4.42. The maximum Gasteiger partial charge on any atom is 0.0583 e. The predicted octanol–water partition coefficient (Wildman–Crippen LogP) is 3.83. The van der Waals surface area contributed by atoms with E-state index in [0.717, 1.165) is 19.3 Å². The first-order chi connectivity index (χ1) is 8.74. The van der Waals surface area contributed by atoms with Crippen molar-refractivity contribution in [2.45, 2.75) is 25.4 Å². The van der Waals surface area contributed by atoms with Gasteiger partial charge in [0.15, 0.2) is 0 Å². The van der Waals surface area contributed by atoms with Gasteiger partial charge in [-0.25, -0.2) is 0 Å². The Balaban J connectivity index is 1.82. The summed E-state index contributed by atoms with van der Waals surface area (Å²) in [5.41, 5.74) is 2.50. The Morgan fingerprint density at radius 3 is 2.22 bits per heavy atom. The quantitative estimate of drug-likeness (QED) is 0.811. The summed E-state index contributed by atoms with van der Waals surface area (Å²) in [7, 11) is 0. The van der Waals surface area contributed by atoms with Crippen molar-refractivity contribution in [1.29, 1.82) is 0 Å². The Morgan fingerprint density at radius 2 is 1.56 bits per heavy atom. The van der Waals surface area contributed by atoms with Gasteiger partial charge in [0.1, 0.15) is 0 Å². The van der Waals surface area contributed by atoms with Gasteiger partial charge < -0.3 is 5.11 Å². The molecular weight excluding hydrogens is 335 g/mol. The number of halogens is 1. The van der Waals surface area contributed by atoms with Gasteiger partial charge in [-0.3, -0.25) is 0 Å². The molecule has 1 atom stereocenters. The molecule has 2 heteroatoms. The minimum atomic E-state index is -0.259. The van der Waals surface area contributed by atoms with Crippen LogP contribution >= 0.6 is 22.6 Å². The second-order valence-corrected chi connectivity index (χ2v) is 5.75. The number of aryl methyl sites for hydroxylation is 1. The maximum absolute atomic E-state index is 10.0. The molecule has 2 aromatic carbocycles. The van der Waals surface area contributed by atoms with Crippen molar-refractivity contribution in [1.82, 2.24) is 0 Å². The summed E-state index contributed by atoms with van der Waals surface area (Å²) in [6, 6.07) is 18.7. The molecule has 0 saturated heterocycles. The summed E-state index contributed by atoms with van der Waals surface area (Å²) < 4.78 is 1.23. The van der Waals surface area contributed by atoms with E-state index in [1.807, 2.05) is 18.2 Å². The maximum atomic E-state index is 10.0. The monoisotopic (exact) mass is 352 g/mol. The Labute approximate surface area is 122 Å². The van der Waals surface area contributed by atoms with Crippen LogP contribution in [-0.2, 0) is 12.8 Å². The molecule has 0 aliphatic rings. The SMILES string of the molecule is OC(CCc1ccccc1)Cc1ccc(I)cc1. The molecule has 0 spiro atoms. The van der Waals surface area contributed by atoms with Crippen molar-refractivity contribution in [2.24, 2.45) is 0 Å². The molecule has 0 fully saturated rings. The average molecular weight is 352 g/mol. The lowest BCUT2D eigenvalue weighted by atomic mass is 10.0. The van der Waals surface area contributed by atoms with Gasteiger partial charge in [-0.1, -0.05) is 42.5 Å². The number of hydrogen-bond acceptors (Lipinski definition) is 1. The number of aliphatic hydroxyl groups excluding tert-OH is 1. The van der Waals surface area contributed by atoms with Gasteiger partial charge in [-0.05, 0) is 65.1 Å². The zero-order valence-electron chi connectivity index (χ0n) is 10.2. The summed E-state index contributed by atoms with van der Waals surface area (Å²) in [4.78, 5) is 0. The molecule has 0 saturated carbocycles. The Hall–Kier alpha value is -0.870. The molecule has 0 radical (unpaired) electrons. The van der Waals surface area contributed by atoms with E-state index in [0.29, 0.717) is 0 Å². The second-order valence-electron chi connectivity index (χ2n) is 4.51. The normalized spacial score (nSPS) is 12.3. The predicted molar refractivity (Wildman–Crippen MR) is 83.6 cm³/mol. The number of rotatable bonds is 5. The van der Waals surface area contributed by atoms with Crippen LogP contribution in [-0.4, -0.2) is 11.2 Å². The van der Waals surface area contributed by atoms with Gasteiger partial charge >= 0.3 is 0 Å². The van der Waals surface area contributed by atoms with E-state index >= 15 is 0 Å². The first kappa shape index (κ1) is 13.6. The first-order valence-electron chi connectivity index (χ1n) is 6.20. The van der Waals surface area contributed by atoms with Crippen molar-refractivity contribution in [2.75, 3.05) is 0 Å². The molecule has 2 aromatic rings. The first-order valence-corrected chi connectivity index (χ1v) is 7.28. The van der Waals surface area contributed by atoms with Crippen LogP contribution in [0.1, 0.15) is 17.5 Å². The van der Waals surface area contributed by atoms with Crippen LogP contribution in [0.3, 0.4) is 0 Å². The molecule has 1 N–H and O–H groups in total. The number of hydrogen-bond donors (Lipinski definition) is 1. The van der Waals surface area contributed by atoms with Crippen molar-refractivity contribution in [3.05, 3.63) is 69.3 Å². The molecule has 18 heavy (non-hydrogen) atoms. The summed E-state index contributed by atoms with van der Waals surface area (Å²) in [5.74, 6) is 0. The molecule has 0 heterocycles. The van der Waals surface area contributed by atoms with Gasteiger partial charge in [0.25, 0.3) is 0 Å². The third-order valence-corrected chi connectivity index (χ3v) is 3.71. The number of aliphatic hydroxyl groups is 1. The number of benzene rings is 2. The van der Waals surface area contributed by atoms with E-state index in [1.54, 1.807) is 0 Å². The molecule has 1 nitrogen and oxygen atoms in total. The fourth-order valence-corrected chi connectivity index (χ4v) is 2.33. The Kier molecular flexibility index (Phi) is 5.20. The van der Waals surface area contributed by atoms with Crippen molar-refractivity contribution in [3.8, 4) is 0 Å². The lowest BCUT2D eigenvalue weighted by molar-refractivity contribution is 0.165. The Bertz CT molecular complexity index is 464. The van der Waals surface area contributed by atoms with Crippen molar-refractivity contribution < 1.29 is 5.11 Å². The highest BCUT2D eigenvalue weighted by molar-refractivity contribution is 14.1. The van der Waals surface area contributed by atoms with Crippen molar-refractivity contribution in [3.63, 3.8) is 0 Å². The van der Waals surface area contributed by atoms with Crippen molar-refractivity contribution >= 4 is 22.6 Å². The zero-order chi connectivity index (χ0) is 12.8. The van der Waals surface area contributed by atoms with Crippen LogP contribution in [0.2, 0.25) is 0 Å². The summed E-state index contributed by atoms with van der Waals surface area (Å²) in [6.07, 6.45) is 2.23. The fourth-order valence-electron chi connectivity index (χ4n) is 1.97. The summed E-state index contributed by atoms with van der Waals surface area (Å²) >= 11 is 2.29. The molecule has 0 aromatic heterocycles. The van der Waals surface area contributed by atoms with Crippen LogP contribution < -0.4 is 0 Å². The molecule has 0 bridgehead atoms. The molecule has 1 unspecified atom stereocenters. The van der Waals surface area contributed by atoms with Gasteiger partial charge in [0, 0.05) is 3.57 Å².